The van der Waals surface area contributed by atoms with Gasteiger partial charge in [0.05, 0.1) is 18.0 Å². The summed E-state index contributed by atoms with van der Waals surface area (Å²) in [5, 5.41) is 14.4. The van der Waals surface area contributed by atoms with Gasteiger partial charge in [0.15, 0.2) is 5.82 Å². The molecule has 0 spiro atoms. The van der Waals surface area contributed by atoms with Crippen LogP contribution < -0.4 is 0 Å². The number of esters is 1. The number of aromatic nitrogens is 6. The lowest BCUT2D eigenvalue weighted by Crippen LogP contribution is -2.21. The average Bonchev–Trinajstić information content (AvgIpc) is 3.59. The summed E-state index contributed by atoms with van der Waals surface area (Å²) >= 11 is 0. The number of carbonyl (C=O) groups excluding carboxylic acids is 2. The smallest absolute Gasteiger partial charge is 0.435 e. The van der Waals surface area contributed by atoms with Crippen LogP contribution in [0.5, 0.6) is 0 Å². The fraction of sp³-hybridized carbons (Fsp3) is 0.355. The molecule has 0 saturated carbocycles. The molecular weight excluding hydrogens is 536 g/mol. The summed E-state index contributed by atoms with van der Waals surface area (Å²) in [5.74, 6) is 1.00. The van der Waals surface area contributed by atoms with Crippen molar-refractivity contribution in [3.63, 3.8) is 0 Å². The lowest BCUT2D eigenvalue weighted by Gasteiger charge is -2.16. The third kappa shape index (κ3) is 6.56. The molecule has 1 atom stereocenters. The number of benzene rings is 2. The SMILES string of the molecule is CCOC(=O)OC(C)OC(=O)C=C1CCCCc2nc(CC)n(Cc3ccc(-c4ccccc4-c4nnn[nH]4)cc3)c21. The van der Waals surface area contributed by atoms with Gasteiger partial charge in [0.2, 0.25) is 6.29 Å². The number of aromatic amines is 1. The van der Waals surface area contributed by atoms with Gasteiger partial charge in [-0.05, 0) is 65.3 Å². The number of carbonyl (C=O) groups is 2. The van der Waals surface area contributed by atoms with Crippen molar-refractivity contribution < 1.29 is 23.8 Å². The molecule has 1 unspecified atom stereocenters. The van der Waals surface area contributed by atoms with Crippen LogP contribution in [0.2, 0.25) is 0 Å². The molecular formula is C31H34N6O5. The van der Waals surface area contributed by atoms with E-state index in [-0.39, 0.29) is 6.61 Å². The topological polar surface area (TPSA) is 134 Å². The highest BCUT2D eigenvalue weighted by molar-refractivity contribution is 5.91. The number of hydrogen-bond donors (Lipinski definition) is 1. The number of fused-ring (bicyclic) bond motifs is 1. The first-order chi connectivity index (χ1) is 20.5. The van der Waals surface area contributed by atoms with Crippen molar-refractivity contribution in [2.75, 3.05) is 6.61 Å². The summed E-state index contributed by atoms with van der Waals surface area (Å²) in [4.78, 5) is 29.4. The van der Waals surface area contributed by atoms with Crippen LogP contribution in [0.25, 0.3) is 28.1 Å². The molecule has 2 heterocycles. The Labute approximate surface area is 243 Å². The monoisotopic (exact) mass is 570 g/mol. The molecule has 1 aliphatic rings. The Morgan fingerprint density at radius 3 is 2.50 bits per heavy atom. The zero-order valence-electron chi connectivity index (χ0n) is 24.0. The van der Waals surface area contributed by atoms with E-state index in [9.17, 15) is 9.59 Å². The number of nitrogens with one attached hydrogen (secondary N) is 1. The van der Waals surface area contributed by atoms with E-state index in [1.807, 2.05) is 24.3 Å². The number of H-pyrrole nitrogens is 1. The predicted octanol–water partition coefficient (Wildman–Crippen LogP) is 5.51. The molecule has 218 valence electrons. The van der Waals surface area contributed by atoms with E-state index in [1.165, 1.54) is 13.0 Å². The molecule has 2 aromatic carbocycles. The van der Waals surface area contributed by atoms with Gasteiger partial charge in [-0.2, -0.15) is 0 Å². The number of allylic oxidation sites excluding steroid dienone is 1. The number of aryl methyl sites for hydroxylation is 2. The Kier molecular flexibility index (Phi) is 9.05. The van der Waals surface area contributed by atoms with Gasteiger partial charge in [-0.1, -0.05) is 55.5 Å². The summed E-state index contributed by atoms with van der Waals surface area (Å²) in [6.07, 6.45) is 3.79. The minimum Gasteiger partial charge on any atom is -0.435 e. The first-order valence-electron chi connectivity index (χ1n) is 14.2. The molecule has 11 heteroatoms. The van der Waals surface area contributed by atoms with Gasteiger partial charge in [-0.15, -0.1) is 5.10 Å². The van der Waals surface area contributed by atoms with Gasteiger partial charge >= 0.3 is 12.1 Å². The number of hydrogen-bond acceptors (Lipinski definition) is 9. The average molecular weight is 571 g/mol. The second kappa shape index (κ2) is 13.2. The Balaban J connectivity index is 1.40. The molecule has 0 amide bonds. The molecule has 0 saturated heterocycles. The molecule has 0 bridgehead atoms. The van der Waals surface area contributed by atoms with Crippen molar-refractivity contribution in [1.82, 2.24) is 30.2 Å². The van der Waals surface area contributed by atoms with Crippen molar-refractivity contribution in [3.8, 4) is 22.5 Å². The second-order valence-corrected chi connectivity index (χ2v) is 9.94. The second-order valence-electron chi connectivity index (χ2n) is 9.94. The molecule has 0 radical (unpaired) electrons. The van der Waals surface area contributed by atoms with E-state index in [1.54, 1.807) is 6.92 Å². The van der Waals surface area contributed by atoms with Crippen LogP contribution in [0, 0.1) is 0 Å². The normalized spacial score (nSPS) is 14.6. The lowest BCUT2D eigenvalue weighted by molar-refractivity contribution is -0.161. The Bertz CT molecular complexity index is 1560. The molecule has 1 aliphatic carbocycles. The van der Waals surface area contributed by atoms with E-state index in [0.29, 0.717) is 12.4 Å². The predicted molar refractivity (Wildman–Crippen MR) is 155 cm³/mol. The standard InChI is InChI=1S/C31H34N6O5/c1-4-27-32-26-13-9-6-10-23(18-28(38)41-20(3)42-31(39)40-5-2)29(26)37(27)19-21-14-16-22(17-15-21)24-11-7-8-12-25(24)30-33-35-36-34-30/h7-8,11-12,14-18,20H,4-6,9-10,13,19H2,1-3H3,(H,33,34,35,36). The molecule has 0 fully saturated rings. The quantitative estimate of drug-likeness (QED) is 0.120. The highest BCUT2D eigenvalue weighted by Crippen LogP contribution is 2.33. The van der Waals surface area contributed by atoms with Crippen molar-refractivity contribution in [3.05, 3.63) is 77.4 Å². The molecule has 2 aromatic heterocycles. The van der Waals surface area contributed by atoms with Crippen LogP contribution in [0.15, 0.2) is 54.6 Å². The number of nitrogens with zero attached hydrogens (tertiary/aromatic N) is 5. The zero-order chi connectivity index (χ0) is 29.5. The molecule has 0 aliphatic heterocycles. The highest BCUT2D eigenvalue weighted by Gasteiger charge is 2.24. The summed E-state index contributed by atoms with van der Waals surface area (Å²) in [6.45, 7) is 6.02. The van der Waals surface area contributed by atoms with Gasteiger partial charge in [0, 0.05) is 31.5 Å². The summed E-state index contributed by atoms with van der Waals surface area (Å²) in [6, 6.07) is 16.4. The Hall–Kier alpha value is -4.80. The van der Waals surface area contributed by atoms with E-state index < -0.39 is 18.4 Å². The van der Waals surface area contributed by atoms with Crippen LogP contribution in [-0.4, -0.2) is 55.2 Å². The van der Waals surface area contributed by atoms with E-state index >= 15 is 0 Å². The maximum absolute atomic E-state index is 12.8. The summed E-state index contributed by atoms with van der Waals surface area (Å²) in [7, 11) is 0. The molecule has 5 rings (SSSR count). The maximum Gasteiger partial charge on any atom is 0.511 e. The first kappa shape index (κ1) is 28.7. The van der Waals surface area contributed by atoms with Crippen LogP contribution in [0.4, 0.5) is 4.79 Å². The largest absolute Gasteiger partial charge is 0.511 e. The van der Waals surface area contributed by atoms with Crippen molar-refractivity contribution >= 4 is 17.7 Å². The van der Waals surface area contributed by atoms with Gasteiger partial charge in [0.1, 0.15) is 5.82 Å². The van der Waals surface area contributed by atoms with Crippen LogP contribution in [-0.2, 0) is 38.4 Å². The van der Waals surface area contributed by atoms with E-state index in [2.05, 4.69) is 56.4 Å². The number of ether oxygens (including phenoxy) is 3. The first-order valence-corrected chi connectivity index (χ1v) is 14.2. The van der Waals surface area contributed by atoms with Gasteiger partial charge in [-0.25, -0.2) is 19.7 Å². The summed E-state index contributed by atoms with van der Waals surface area (Å²) < 4.78 is 17.3. The minimum atomic E-state index is -1.07. The minimum absolute atomic E-state index is 0.173. The van der Waals surface area contributed by atoms with Crippen molar-refractivity contribution in [2.24, 2.45) is 0 Å². The maximum atomic E-state index is 12.8. The number of rotatable bonds is 9. The molecule has 42 heavy (non-hydrogen) atoms. The van der Waals surface area contributed by atoms with Crippen LogP contribution >= 0.6 is 0 Å². The highest BCUT2D eigenvalue weighted by atomic mass is 16.8. The van der Waals surface area contributed by atoms with Crippen LogP contribution in [0.1, 0.15) is 62.8 Å². The fourth-order valence-corrected chi connectivity index (χ4v) is 5.23. The third-order valence-corrected chi connectivity index (χ3v) is 7.08. The fourth-order valence-electron chi connectivity index (χ4n) is 5.23. The van der Waals surface area contributed by atoms with Gasteiger partial charge < -0.3 is 18.8 Å². The molecule has 11 nitrogen and oxygen atoms in total. The number of imidazole rings is 1. The van der Waals surface area contributed by atoms with Crippen molar-refractivity contribution in [2.45, 2.75) is 65.7 Å². The van der Waals surface area contributed by atoms with Crippen molar-refractivity contribution in [1.29, 1.82) is 0 Å². The zero-order valence-corrected chi connectivity index (χ0v) is 24.0. The Morgan fingerprint density at radius 1 is 1.02 bits per heavy atom. The summed E-state index contributed by atoms with van der Waals surface area (Å²) in [5.41, 5.74) is 6.93. The lowest BCUT2D eigenvalue weighted by atomic mass is 9.98. The molecule has 4 aromatic rings. The Morgan fingerprint density at radius 2 is 1.79 bits per heavy atom. The van der Waals surface area contributed by atoms with Gasteiger partial charge in [-0.3, -0.25) is 0 Å². The van der Waals surface area contributed by atoms with E-state index in [4.69, 9.17) is 19.2 Å². The molecule has 1 N–H and O–H groups in total. The van der Waals surface area contributed by atoms with E-state index in [0.717, 1.165) is 77.1 Å². The number of tetrazole rings is 1. The van der Waals surface area contributed by atoms with Crippen LogP contribution in [0.3, 0.4) is 0 Å². The third-order valence-electron chi connectivity index (χ3n) is 7.08. The van der Waals surface area contributed by atoms with Gasteiger partial charge in [0.25, 0.3) is 0 Å².